The van der Waals surface area contributed by atoms with Crippen LogP contribution in [0.4, 0.5) is 52.7 Å². The van der Waals surface area contributed by atoms with Gasteiger partial charge in [0, 0.05) is 27.1 Å². The average Bonchev–Trinajstić information content (AvgIpc) is 3.82. The zero-order valence-electron chi connectivity index (χ0n) is 35.4. The monoisotopic (exact) mass is 947 g/mol. The van der Waals surface area contributed by atoms with Gasteiger partial charge in [0.1, 0.15) is 0 Å². The Bertz CT molecular complexity index is 3760. The van der Waals surface area contributed by atoms with Gasteiger partial charge in [-0.1, -0.05) is 84.4 Å². The van der Waals surface area contributed by atoms with Crippen molar-refractivity contribution in [1.29, 1.82) is 5.26 Å². The molecule has 0 amide bonds. The molecule has 8 aromatic carbocycles. The zero-order valence-corrected chi connectivity index (χ0v) is 35.4. The molecule has 69 heavy (non-hydrogen) atoms. The summed E-state index contributed by atoms with van der Waals surface area (Å²) in [6, 6.07) is 37.1. The maximum Gasteiger partial charge on any atom is 0.418 e. The van der Waals surface area contributed by atoms with Gasteiger partial charge in [-0.25, -0.2) is 0 Å². The van der Waals surface area contributed by atoms with Gasteiger partial charge in [0.25, 0.3) is 0 Å². The first-order valence-electron chi connectivity index (χ1n) is 20.9. The van der Waals surface area contributed by atoms with E-state index in [4.69, 9.17) is 0 Å². The van der Waals surface area contributed by atoms with E-state index in [1.807, 2.05) is 0 Å². The van der Waals surface area contributed by atoms with Crippen molar-refractivity contribution in [2.75, 3.05) is 0 Å². The molecule has 0 N–H and O–H groups in total. The summed E-state index contributed by atoms with van der Waals surface area (Å²) in [6.07, 6.45) is -20.1. The van der Waals surface area contributed by atoms with Crippen molar-refractivity contribution in [1.82, 2.24) is 9.13 Å². The number of hydrogen-bond acceptors (Lipinski definition) is 1. The maximum absolute atomic E-state index is 16.0. The Hall–Kier alpha value is -7.99. The second kappa shape index (κ2) is 15.8. The SMILES string of the molecule is Cc1ccc(-c2ccc3c(c2)c2ccccc2n3-c2cc(C(F)(F)F)c(-n3c4ccccc4c4cc(-c5ccc(C(F)(F)F)cc5C(F)(F)F)ccc43)cc2-c2cccc(C#N)c2)c(C(F)(F)F)c1. The van der Waals surface area contributed by atoms with Crippen LogP contribution in [0.3, 0.4) is 0 Å². The molecule has 344 valence electrons. The molecular weight excluding hydrogens is 919 g/mol. The molecule has 15 heteroatoms. The van der Waals surface area contributed by atoms with E-state index in [0.29, 0.717) is 50.5 Å². The molecule has 0 radical (unpaired) electrons. The first kappa shape index (κ1) is 44.8. The van der Waals surface area contributed by atoms with E-state index < -0.39 is 58.2 Å². The Morgan fingerprint density at radius 1 is 0.377 bits per heavy atom. The molecule has 0 fully saturated rings. The Labute approximate surface area is 383 Å². The smallest absolute Gasteiger partial charge is 0.309 e. The number of nitrogens with zero attached hydrogens (tertiary/aromatic N) is 3. The molecule has 0 bridgehead atoms. The molecule has 0 aliphatic rings. The van der Waals surface area contributed by atoms with Crippen LogP contribution < -0.4 is 0 Å². The fourth-order valence-corrected chi connectivity index (χ4v) is 9.31. The van der Waals surface area contributed by atoms with Crippen LogP contribution >= 0.6 is 0 Å². The van der Waals surface area contributed by atoms with Crippen LogP contribution in [0.1, 0.15) is 33.4 Å². The number of halogens is 12. The van der Waals surface area contributed by atoms with Crippen molar-refractivity contribution in [3.63, 3.8) is 0 Å². The van der Waals surface area contributed by atoms with Gasteiger partial charge in [0.2, 0.25) is 0 Å². The minimum absolute atomic E-state index is 0.00327. The third-order valence-corrected chi connectivity index (χ3v) is 12.3. The number of aryl methyl sites for hydroxylation is 1. The van der Waals surface area contributed by atoms with E-state index in [1.54, 1.807) is 84.3 Å². The Balaban J connectivity index is 1.26. The fourth-order valence-electron chi connectivity index (χ4n) is 9.31. The van der Waals surface area contributed by atoms with Crippen molar-refractivity contribution in [2.45, 2.75) is 31.6 Å². The average molecular weight is 948 g/mol. The number of alkyl halides is 12. The third-order valence-electron chi connectivity index (χ3n) is 12.3. The molecule has 0 aliphatic carbocycles. The molecule has 10 rings (SSSR count). The topological polar surface area (TPSA) is 33.6 Å². The van der Waals surface area contributed by atoms with Crippen LogP contribution in [0.15, 0.2) is 158 Å². The van der Waals surface area contributed by atoms with E-state index in [9.17, 15) is 44.8 Å². The van der Waals surface area contributed by atoms with E-state index in [1.165, 1.54) is 59.2 Å². The summed E-state index contributed by atoms with van der Waals surface area (Å²) in [5.41, 5.74) is -3.90. The summed E-state index contributed by atoms with van der Waals surface area (Å²) in [6.45, 7) is 1.54. The Kier molecular flexibility index (Phi) is 10.3. The molecule has 0 aliphatic heterocycles. The van der Waals surface area contributed by atoms with E-state index in [-0.39, 0.29) is 56.0 Å². The lowest BCUT2D eigenvalue weighted by molar-refractivity contribution is -0.143. The molecule has 0 saturated heterocycles. The summed E-state index contributed by atoms with van der Waals surface area (Å²) in [4.78, 5) is 0. The molecule has 2 heterocycles. The van der Waals surface area contributed by atoms with Gasteiger partial charge in [0.05, 0.1) is 67.3 Å². The minimum atomic E-state index is -5.21. The van der Waals surface area contributed by atoms with Gasteiger partial charge in [-0.05, 0) is 114 Å². The largest absolute Gasteiger partial charge is 0.418 e. The Morgan fingerprint density at radius 2 is 0.870 bits per heavy atom. The van der Waals surface area contributed by atoms with E-state index in [0.717, 1.165) is 12.1 Å². The lowest BCUT2D eigenvalue weighted by Crippen LogP contribution is -2.13. The van der Waals surface area contributed by atoms with Crippen molar-refractivity contribution in [3.05, 3.63) is 191 Å². The van der Waals surface area contributed by atoms with E-state index in [2.05, 4.69) is 6.07 Å². The van der Waals surface area contributed by atoms with Gasteiger partial charge in [0.15, 0.2) is 0 Å². The molecule has 10 aromatic rings. The normalized spacial score (nSPS) is 12.7. The number of rotatable bonds is 5. The molecule has 0 saturated carbocycles. The third kappa shape index (κ3) is 7.69. The molecule has 0 spiro atoms. The number of para-hydroxylation sites is 2. The lowest BCUT2D eigenvalue weighted by Gasteiger charge is -2.22. The first-order valence-corrected chi connectivity index (χ1v) is 20.9. The van der Waals surface area contributed by atoms with Crippen LogP contribution in [-0.2, 0) is 24.7 Å². The molecule has 0 unspecified atom stereocenters. The Morgan fingerprint density at radius 3 is 1.41 bits per heavy atom. The lowest BCUT2D eigenvalue weighted by atomic mass is 9.95. The van der Waals surface area contributed by atoms with Crippen molar-refractivity contribution in [3.8, 4) is 50.8 Å². The predicted molar refractivity (Wildman–Crippen MR) is 241 cm³/mol. The van der Waals surface area contributed by atoms with Gasteiger partial charge in [-0.3, -0.25) is 0 Å². The maximum atomic E-state index is 16.0. The fraction of sp³-hybridized carbons (Fsp3) is 0.0926. The van der Waals surface area contributed by atoms with Crippen LogP contribution in [-0.4, -0.2) is 9.13 Å². The highest BCUT2D eigenvalue weighted by atomic mass is 19.4. The van der Waals surface area contributed by atoms with Crippen LogP contribution in [0.2, 0.25) is 0 Å². The van der Waals surface area contributed by atoms with Crippen molar-refractivity contribution in [2.24, 2.45) is 0 Å². The molecule has 3 nitrogen and oxygen atoms in total. The number of fused-ring (bicyclic) bond motifs is 6. The van der Waals surface area contributed by atoms with Gasteiger partial charge in [-0.15, -0.1) is 0 Å². The summed E-state index contributed by atoms with van der Waals surface area (Å²) in [5.74, 6) is 0. The highest BCUT2D eigenvalue weighted by Crippen LogP contribution is 2.48. The van der Waals surface area contributed by atoms with Crippen LogP contribution in [0, 0.1) is 18.3 Å². The zero-order chi connectivity index (χ0) is 48.9. The second-order valence-corrected chi connectivity index (χ2v) is 16.5. The summed E-state index contributed by atoms with van der Waals surface area (Å²) >= 11 is 0. The van der Waals surface area contributed by atoms with Crippen molar-refractivity contribution < 1.29 is 52.7 Å². The summed E-state index contributed by atoms with van der Waals surface area (Å²) in [7, 11) is 0. The minimum Gasteiger partial charge on any atom is -0.309 e. The first-order chi connectivity index (χ1) is 32.6. The quantitative estimate of drug-likeness (QED) is 0.158. The highest BCUT2D eigenvalue weighted by molar-refractivity contribution is 6.12. The van der Waals surface area contributed by atoms with Gasteiger partial charge < -0.3 is 9.13 Å². The molecule has 2 aromatic heterocycles. The molecule has 0 atom stereocenters. The van der Waals surface area contributed by atoms with E-state index >= 15 is 13.2 Å². The predicted octanol–water partition coefficient (Wildman–Crippen LogP) is 17.1. The van der Waals surface area contributed by atoms with Crippen LogP contribution in [0.5, 0.6) is 0 Å². The number of aromatic nitrogens is 2. The summed E-state index contributed by atoms with van der Waals surface area (Å²) in [5, 5.41) is 11.4. The summed E-state index contributed by atoms with van der Waals surface area (Å²) < 4.78 is 178. The van der Waals surface area contributed by atoms with Gasteiger partial charge >= 0.3 is 24.7 Å². The second-order valence-electron chi connectivity index (χ2n) is 16.5. The number of hydrogen-bond donors (Lipinski definition) is 0. The van der Waals surface area contributed by atoms with Gasteiger partial charge in [-0.2, -0.15) is 57.9 Å². The molecular formula is C54H29F12N3. The number of nitriles is 1. The highest BCUT2D eigenvalue weighted by Gasteiger charge is 2.40. The standard InChI is InChI=1S/C54H29F12N3/c1-29-13-17-35(42(21-29)52(58,59)60)32-14-19-47-40(23-32)37-9-2-4-11-45(37)68(47)49-27-44(54(64,65)66)50(26-39(49)31-8-6-7-30(22-31)28-67)69-46-12-5-3-10-38(46)41-24-33(15-20-48(41)69)36-18-16-34(51(55,56)57)25-43(36)53(61,62)63/h2-27H,1H3. The van der Waals surface area contributed by atoms with Crippen LogP contribution in [0.25, 0.3) is 88.4 Å². The number of benzene rings is 8. The van der Waals surface area contributed by atoms with Crippen molar-refractivity contribution >= 4 is 43.6 Å².